The molecule has 8 aromatic rings. The molecule has 356 valence electrons. The second-order valence-electron chi connectivity index (χ2n) is 21.3. The van der Waals surface area contributed by atoms with Crippen LogP contribution in [0.4, 0.5) is 39.8 Å². The maximum absolute atomic E-state index is 17.9. The molecule has 1 saturated heterocycles. The quantitative estimate of drug-likeness (QED) is 0.150. The van der Waals surface area contributed by atoms with E-state index in [1.165, 1.54) is 0 Å². The Morgan fingerprint density at radius 1 is 0.493 bits per heavy atom. The first-order valence-electron chi connectivity index (χ1n) is 24.8. The Morgan fingerprint density at radius 3 is 1.34 bits per heavy atom. The molecule has 12 rings (SSSR count). The SMILES string of the molecule is CC(C)(C)c1ccc2c(c1)Oc1cc(C#N)ccc1N2c1c(C#N)c(N2c3ccc(C#N)cc3Oc3cc(C(C)(C)C)ccc32)c(P(=O)(c2ccccc2)c2ccccc2)c2c1C1CCC2N1c1ccccc1. The fourth-order valence-electron chi connectivity index (χ4n) is 11.5. The first-order valence-corrected chi connectivity index (χ1v) is 26.5. The lowest BCUT2D eigenvalue weighted by Crippen LogP contribution is -2.35. The van der Waals surface area contributed by atoms with Gasteiger partial charge in [0.2, 0.25) is 0 Å². The van der Waals surface area contributed by atoms with Gasteiger partial charge in [0.1, 0.15) is 11.6 Å². The van der Waals surface area contributed by atoms with E-state index in [2.05, 4.69) is 123 Å². The summed E-state index contributed by atoms with van der Waals surface area (Å²) in [5.74, 6) is 2.02. The van der Waals surface area contributed by atoms with Crippen LogP contribution in [-0.2, 0) is 15.4 Å². The monoisotopic (exact) mass is 970 g/mol. The Kier molecular flexibility index (Phi) is 10.5. The molecule has 2 unspecified atom stereocenters. The van der Waals surface area contributed by atoms with Gasteiger partial charge in [0.05, 0.1) is 74.8 Å². The van der Waals surface area contributed by atoms with Gasteiger partial charge < -0.3 is 28.7 Å². The van der Waals surface area contributed by atoms with Crippen LogP contribution in [0.2, 0.25) is 0 Å². The van der Waals surface area contributed by atoms with E-state index in [1.807, 2.05) is 91.0 Å². The number of nitriles is 3. The number of hydrogen-bond acceptors (Lipinski definition) is 9. The Hall–Kier alpha value is -8.54. The fourth-order valence-corrected chi connectivity index (χ4v) is 14.6. The zero-order valence-electron chi connectivity index (χ0n) is 41.5. The normalized spacial score (nSPS) is 16.1. The highest BCUT2D eigenvalue weighted by Crippen LogP contribution is 2.66. The minimum Gasteiger partial charge on any atom is -0.453 e. The third kappa shape index (κ3) is 7.04. The maximum Gasteiger partial charge on any atom is 0.173 e. The molecular weight excluding hydrogens is 920 g/mol. The molecule has 9 nitrogen and oxygen atoms in total. The van der Waals surface area contributed by atoms with Crippen LogP contribution < -0.4 is 40.1 Å². The van der Waals surface area contributed by atoms with Crippen LogP contribution in [0.5, 0.6) is 23.0 Å². The highest BCUT2D eigenvalue weighted by Gasteiger charge is 2.54. The van der Waals surface area contributed by atoms with Crippen molar-refractivity contribution in [3.05, 3.63) is 203 Å². The summed E-state index contributed by atoms with van der Waals surface area (Å²) in [5, 5.41) is 35.0. The third-order valence-electron chi connectivity index (χ3n) is 15.0. The van der Waals surface area contributed by atoms with Crippen LogP contribution in [-0.4, -0.2) is 0 Å². The van der Waals surface area contributed by atoms with Crippen LogP contribution >= 0.6 is 7.14 Å². The van der Waals surface area contributed by atoms with Gasteiger partial charge in [-0.05, 0) is 101 Å². The van der Waals surface area contributed by atoms with Gasteiger partial charge in [-0.15, -0.1) is 0 Å². The minimum absolute atomic E-state index is 0.230. The summed E-state index contributed by atoms with van der Waals surface area (Å²) in [6.07, 6.45) is 1.54. The van der Waals surface area contributed by atoms with Crippen LogP contribution in [0.25, 0.3) is 0 Å². The highest BCUT2D eigenvalue weighted by molar-refractivity contribution is 7.85. The molecule has 4 aliphatic heterocycles. The van der Waals surface area contributed by atoms with Crippen molar-refractivity contribution in [2.75, 3.05) is 14.7 Å². The molecule has 2 bridgehead atoms. The van der Waals surface area contributed by atoms with Crippen molar-refractivity contribution in [2.45, 2.75) is 77.3 Å². The van der Waals surface area contributed by atoms with Crippen molar-refractivity contribution in [1.82, 2.24) is 0 Å². The van der Waals surface area contributed by atoms with Gasteiger partial charge >= 0.3 is 0 Å². The van der Waals surface area contributed by atoms with Crippen LogP contribution in [0.15, 0.2) is 164 Å². The van der Waals surface area contributed by atoms with Gasteiger partial charge in [-0.1, -0.05) is 133 Å². The van der Waals surface area contributed by atoms with Gasteiger partial charge in [-0.2, -0.15) is 15.8 Å². The molecule has 4 heterocycles. The second kappa shape index (κ2) is 16.8. The predicted octanol–water partition coefficient (Wildman–Crippen LogP) is 15.1. The summed E-state index contributed by atoms with van der Waals surface area (Å²) in [5.41, 5.74) is 9.32. The second-order valence-corrected chi connectivity index (χ2v) is 24.0. The predicted molar refractivity (Wildman–Crippen MR) is 291 cm³/mol. The number of fused-ring (bicyclic) bond motifs is 9. The van der Waals surface area contributed by atoms with Crippen molar-refractivity contribution in [3.63, 3.8) is 0 Å². The molecule has 0 aromatic heterocycles. The summed E-state index contributed by atoms with van der Waals surface area (Å²) in [7, 11) is -4.01. The Morgan fingerprint density at radius 2 is 0.904 bits per heavy atom. The average Bonchev–Trinajstić information content (AvgIpc) is 4.00. The standard InChI is InChI=1S/C63H51N6O3P/c1-62(2,3)41-24-28-49-55(34-41)71-53-32-39(36-64)22-26-47(53)68(49)59-46(38-66)60(69-48-27-23-40(37-65)33-54(48)72-56-35-42(63(4,5)6)25-29-50(56)69)61(73(70,44-18-12-8-13-19-44)45-20-14-9-15-21-45)58-52-31-30-51(57(58)59)67(52)43-16-10-7-11-17-43/h7-29,32-35,51-52H,30-31H2,1-6H3. The van der Waals surface area contributed by atoms with Crippen molar-refractivity contribution < 1.29 is 14.0 Å². The fraction of sp³-hybridized carbons (Fsp3) is 0.190. The molecule has 73 heavy (non-hydrogen) atoms. The molecule has 0 N–H and O–H groups in total. The van der Waals surface area contributed by atoms with Gasteiger partial charge in [0.15, 0.2) is 30.1 Å². The van der Waals surface area contributed by atoms with Gasteiger partial charge in [0, 0.05) is 34.0 Å². The Bertz CT molecular complexity index is 3720. The largest absolute Gasteiger partial charge is 0.453 e. The van der Waals surface area contributed by atoms with E-state index in [1.54, 1.807) is 24.3 Å². The molecular formula is C63H51N6O3P. The lowest BCUT2D eigenvalue weighted by molar-refractivity contribution is 0.472. The van der Waals surface area contributed by atoms with Crippen molar-refractivity contribution in [1.29, 1.82) is 15.8 Å². The zero-order valence-corrected chi connectivity index (χ0v) is 42.4. The summed E-state index contributed by atoms with van der Waals surface area (Å²) in [4.78, 5) is 6.72. The van der Waals surface area contributed by atoms with E-state index >= 15 is 4.57 Å². The molecule has 8 aromatic carbocycles. The van der Waals surface area contributed by atoms with E-state index in [0.717, 1.165) is 46.5 Å². The Balaban J connectivity index is 1.31. The molecule has 1 fully saturated rings. The van der Waals surface area contributed by atoms with Crippen LogP contribution in [0.1, 0.15) is 105 Å². The van der Waals surface area contributed by atoms with E-state index < -0.39 is 7.14 Å². The number of anilines is 7. The molecule has 0 spiro atoms. The van der Waals surface area contributed by atoms with E-state index in [0.29, 0.717) is 84.0 Å². The molecule has 0 saturated carbocycles. The topological polar surface area (TPSA) is 117 Å². The summed E-state index contributed by atoms with van der Waals surface area (Å²) >= 11 is 0. The molecule has 0 radical (unpaired) electrons. The van der Waals surface area contributed by atoms with E-state index in [4.69, 9.17) is 9.47 Å². The smallest absolute Gasteiger partial charge is 0.173 e. The third-order valence-corrected chi connectivity index (χ3v) is 18.1. The summed E-state index contributed by atoms with van der Waals surface area (Å²) in [6.45, 7) is 13.0. The first-order chi connectivity index (χ1) is 35.2. The average molecular weight is 971 g/mol. The Labute approximate surface area is 426 Å². The van der Waals surface area contributed by atoms with E-state index in [9.17, 15) is 15.8 Å². The molecule has 10 heteroatoms. The van der Waals surface area contributed by atoms with Crippen molar-refractivity contribution in [2.24, 2.45) is 0 Å². The lowest BCUT2D eigenvalue weighted by atomic mass is 9.85. The van der Waals surface area contributed by atoms with Crippen molar-refractivity contribution >= 4 is 62.9 Å². The summed E-state index contributed by atoms with van der Waals surface area (Å²) in [6, 6.07) is 60.2. The molecule has 0 aliphatic carbocycles. The molecule has 0 amide bonds. The minimum atomic E-state index is -4.01. The van der Waals surface area contributed by atoms with Gasteiger partial charge in [0.25, 0.3) is 0 Å². The van der Waals surface area contributed by atoms with Crippen LogP contribution in [0, 0.1) is 34.0 Å². The number of hydrogen-bond donors (Lipinski definition) is 0. The number of rotatable bonds is 6. The summed E-state index contributed by atoms with van der Waals surface area (Å²) < 4.78 is 31.7. The van der Waals surface area contributed by atoms with Crippen LogP contribution in [0.3, 0.4) is 0 Å². The highest BCUT2D eigenvalue weighted by atomic mass is 31.2. The number of nitrogens with zero attached hydrogens (tertiary/aromatic N) is 6. The van der Waals surface area contributed by atoms with E-state index in [-0.39, 0.29) is 22.9 Å². The van der Waals surface area contributed by atoms with Crippen molar-refractivity contribution in [3.8, 4) is 41.2 Å². The van der Waals surface area contributed by atoms with Gasteiger partial charge in [-0.3, -0.25) is 0 Å². The first kappa shape index (κ1) is 45.6. The molecule has 4 aliphatic rings. The zero-order chi connectivity index (χ0) is 50.6. The number of ether oxygens (including phenoxy) is 2. The number of para-hydroxylation sites is 1. The number of benzene rings is 8. The maximum atomic E-state index is 17.9. The lowest BCUT2D eigenvalue weighted by Gasteiger charge is -2.41. The molecule has 2 atom stereocenters. The van der Waals surface area contributed by atoms with Gasteiger partial charge in [-0.25, -0.2) is 0 Å².